The third-order valence-corrected chi connectivity index (χ3v) is 5.58. The molecule has 1 fully saturated rings. The Kier molecular flexibility index (Phi) is 4.04. The number of carbonyl (C=O) groups is 1. The summed E-state index contributed by atoms with van der Waals surface area (Å²) in [5.41, 5.74) is 1.87. The number of thiophene rings is 1. The van der Waals surface area contributed by atoms with E-state index >= 15 is 0 Å². The maximum atomic E-state index is 12.7. The van der Waals surface area contributed by atoms with E-state index in [9.17, 15) is 4.79 Å². The lowest BCUT2D eigenvalue weighted by Crippen LogP contribution is -2.46. The molecule has 1 N–H and O–H groups in total. The van der Waals surface area contributed by atoms with E-state index in [1.54, 1.807) is 0 Å². The van der Waals surface area contributed by atoms with Gasteiger partial charge in [0.15, 0.2) is 0 Å². The number of piperazine rings is 1. The van der Waals surface area contributed by atoms with Crippen molar-refractivity contribution >= 4 is 39.1 Å². The van der Waals surface area contributed by atoms with E-state index in [0.717, 1.165) is 52.7 Å². The quantitative estimate of drug-likeness (QED) is 0.764. The van der Waals surface area contributed by atoms with Gasteiger partial charge in [-0.05, 0) is 37.3 Å². The van der Waals surface area contributed by atoms with Crippen LogP contribution in [0, 0.1) is 6.92 Å². The minimum Gasteiger partial charge on any atom is -0.335 e. The molecule has 3 heterocycles. The number of aryl methyl sites for hydroxylation is 1. The van der Waals surface area contributed by atoms with Crippen LogP contribution in [0.25, 0.3) is 15.9 Å². The number of nitrogens with one attached hydrogen (secondary N) is 1. The molecular formula is C17H17ClN4OS. The molecule has 3 aromatic rings. The number of carbonyl (C=O) groups excluding carboxylic acids is 1. The Morgan fingerprint density at radius 2 is 1.96 bits per heavy atom. The van der Waals surface area contributed by atoms with Crippen molar-refractivity contribution in [1.82, 2.24) is 20.0 Å². The van der Waals surface area contributed by atoms with Crippen molar-refractivity contribution in [2.24, 2.45) is 0 Å². The van der Waals surface area contributed by atoms with Gasteiger partial charge in [-0.15, -0.1) is 11.3 Å². The lowest BCUT2D eigenvalue weighted by atomic mass is 10.2. The van der Waals surface area contributed by atoms with Gasteiger partial charge < -0.3 is 10.2 Å². The van der Waals surface area contributed by atoms with Crippen LogP contribution in [0.5, 0.6) is 0 Å². The first-order chi connectivity index (χ1) is 11.6. The zero-order chi connectivity index (χ0) is 16.7. The number of aromatic nitrogens is 2. The summed E-state index contributed by atoms with van der Waals surface area (Å²) in [6, 6.07) is 9.54. The smallest absolute Gasteiger partial charge is 0.264 e. The average molecular weight is 361 g/mol. The zero-order valence-electron chi connectivity index (χ0n) is 13.3. The van der Waals surface area contributed by atoms with Gasteiger partial charge in [0.2, 0.25) is 0 Å². The van der Waals surface area contributed by atoms with Crippen LogP contribution in [-0.2, 0) is 0 Å². The summed E-state index contributed by atoms with van der Waals surface area (Å²) in [6.45, 7) is 5.20. The molecule has 0 radical (unpaired) electrons. The Hall–Kier alpha value is -1.89. The monoisotopic (exact) mass is 360 g/mol. The van der Waals surface area contributed by atoms with Crippen molar-refractivity contribution in [3.05, 3.63) is 45.9 Å². The molecule has 1 aliphatic heterocycles. The van der Waals surface area contributed by atoms with Crippen LogP contribution in [0.2, 0.25) is 5.02 Å². The SMILES string of the molecule is Cc1nn(-c2ccc(Cl)cc2)c2sc(C(=O)N3CCNCC3)cc12. The molecule has 0 unspecified atom stereocenters. The summed E-state index contributed by atoms with van der Waals surface area (Å²) in [6.07, 6.45) is 0. The van der Waals surface area contributed by atoms with E-state index in [4.69, 9.17) is 11.6 Å². The summed E-state index contributed by atoms with van der Waals surface area (Å²) in [5.74, 6) is 0.111. The predicted octanol–water partition coefficient (Wildman–Crippen LogP) is 3.09. The van der Waals surface area contributed by atoms with Gasteiger partial charge in [-0.1, -0.05) is 11.6 Å². The molecule has 1 saturated heterocycles. The van der Waals surface area contributed by atoms with Crippen LogP contribution >= 0.6 is 22.9 Å². The first-order valence-corrected chi connectivity index (χ1v) is 9.08. The maximum absolute atomic E-state index is 12.7. The van der Waals surface area contributed by atoms with Gasteiger partial charge in [-0.25, -0.2) is 4.68 Å². The molecule has 1 aromatic carbocycles. The van der Waals surface area contributed by atoms with Gasteiger partial charge in [0.05, 0.1) is 16.3 Å². The number of nitrogens with zero attached hydrogens (tertiary/aromatic N) is 3. The van der Waals surface area contributed by atoms with Crippen molar-refractivity contribution in [2.75, 3.05) is 26.2 Å². The lowest BCUT2D eigenvalue weighted by molar-refractivity contribution is 0.0741. The summed E-state index contributed by atoms with van der Waals surface area (Å²) < 4.78 is 1.89. The molecule has 1 aliphatic rings. The molecule has 1 amide bonds. The van der Waals surface area contributed by atoms with E-state index < -0.39 is 0 Å². The molecule has 24 heavy (non-hydrogen) atoms. The number of halogens is 1. The number of rotatable bonds is 2. The minimum absolute atomic E-state index is 0.111. The Morgan fingerprint density at radius 1 is 1.25 bits per heavy atom. The second-order valence-corrected chi connectivity index (χ2v) is 7.31. The van der Waals surface area contributed by atoms with Gasteiger partial charge in [-0.3, -0.25) is 4.79 Å². The standard InChI is InChI=1S/C17H17ClN4OS/c1-11-14-10-15(16(23)21-8-6-19-7-9-21)24-17(14)22(20-11)13-4-2-12(18)3-5-13/h2-5,10,19H,6-9H2,1H3. The van der Waals surface area contributed by atoms with Gasteiger partial charge in [0.1, 0.15) is 4.83 Å². The van der Waals surface area contributed by atoms with Gasteiger partial charge >= 0.3 is 0 Å². The molecule has 0 saturated carbocycles. The molecule has 4 rings (SSSR count). The minimum atomic E-state index is 0.111. The molecule has 5 nitrogen and oxygen atoms in total. The number of hydrogen-bond acceptors (Lipinski definition) is 4. The van der Waals surface area contributed by atoms with Gasteiger partial charge in [0, 0.05) is 36.6 Å². The number of amides is 1. The summed E-state index contributed by atoms with van der Waals surface area (Å²) in [7, 11) is 0. The highest BCUT2D eigenvalue weighted by Gasteiger charge is 2.22. The lowest BCUT2D eigenvalue weighted by Gasteiger charge is -2.26. The highest BCUT2D eigenvalue weighted by Crippen LogP contribution is 2.31. The van der Waals surface area contributed by atoms with Crippen molar-refractivity contribution in [3.63, 3.8) is 0 Å². The Morgan fingerprint density at radius 3 is 2.67 bits per heavy atom. The molecule has 0 aliphatic carbocycles. The van der Waals surface area contributed by atoms with Crippen LogP contribution < -0.4 is 5.32 Å². The molecule has 7 heteroatoms. The molecule has 124 valence electrons. The fraction of sp³-hybridized carbons (Fsp3) is 0.294. The van der Waals surface area contributed by atoms with E-state index in [2.05, 4.69) is 10.4 Å². The Balaban J connectivity index is 1.74. The normalized spacial score (nSPS) is 15.2. The summed E-state index contributed by atoms with van der Waals surface area (Å²) >= 11 is 7.47. The largest absolute Gasteiger partial charge is 0.335 e. The van der Waals surface area contributed by atoms with Crippen molar-refractivity contribution < 1.29 is 4.79 Å². The van der Waals surface area contributed by atoms with Gasteiger partial charge in [0.25, 0.3) is 5.91 Å². The van der Waals surface area contributed by atoms with E-state index in [0.29, 0.717) is 5.02 Å². The van der Waals surface area contributed by atoms with E-state index in [1.165, 1.54) is 11.3 Å². The third kappa shape index (κ3) is 2.70. The van der Waals surface area contributed by atoms with Crippen molar-refractivity contribution in [3.8, 4) is 5.69 Å². The van der Waals surface area contributed by atoms with Crippen LogP contribution in [0.4, 0.5) is 0 Å². The fourth-order valence-corrected chi connectivity index (χ4v) is 4.21. The molecule has 2 aromatic heterocycles. The summed E-state index contributed by atoms with van der Waals surface area (Å²) in [5, 5.41) is 9.61. The van der Waals surface area contributed by atoms with E-state index in [1.807, 2.05) is 46.8 Å². The van der Waals surface area contributed by atoms with Gasteiger partial charge in [-0.2, -0.15) is 5.10 Å². The highest BCUT2D eigenvalue weighted by atomic mass is 35.5. The van der Waals surface area contributed by atoms with Crippen LogP contribution in [-0.4, -0.2) is 46.8 Å². The Labute approximate surface area is 148 Å². The van der Waals surface area contributed by atoms with Crippen molar-refractivity contribution in [2.45, 2.75) is 6.92 Å². The molecule has 0 spiro atoms. The maximum Gasteiger partial charge on any atom is 0.264 e. The molecule has 0 atom stereocenters. The topological polar surface area (TPSA) is 50.2 Å². The average Bonchev–Trinajstić information content (AvgIpc) is 3.17. The number of fused-ring (bicyclic) bond motifs is 1. The first kappa shape index (κ1) is 15.6. The van der Waals surface area contributed by atoms with Crippen LogP contribution in [0.3, 0.4) is 0 Å². The predicted molar refractivity (Wildman–Crippen MR) is 97.5 cm³/mol. The third-order valence-electron chi connectivity index (χ3n) is 4.23. The Bertz CT molecular complexity index is 893. The first-order valence-electron chi connectivity index (χ1n) is 7.88. The zero-order valence-corrected chi connectivity index (χ0v) is 14.8. The van der Waals surface area contributed by atoms with Crippen LogP contribution in [0.15, 0.2) is 30.3 Å². The van der Waals surface area contributed by atoms with Crippen molar-refractivity contribution in [1.29, 1.82) is 0 Å². The molecule has 0 bridgehead atoms. The molecular weight excluding hydrogens is 344 g/mol. The second-order valence-electron chi connectivity index (χ2n) is 5.85. The fourth-order valence-electron chi connectivity index (χ4n) is 2.93. The number of benzene rings is 1. The summed E-state index contributed by atoms with van der Waals surface area (Å²) in [4.78, 5) is 16.4. The number of hydrogen-bond donors (Lipinski definition) is 1. The van der Waals surface area contributed by atoms with E-state index in [-0.39, 0.29) is 5.91 Å². The second kappa shape index (κ2) is 6.20. The highest BCUT2D eigenvalue weighted by molar-refractivity contribution is 7.20. The van der Waals surface area contributed by atoms with Crippen LogP contribution in [0.1, 0.15) is 15.4 Å².